The summed E-state index contributed by atoms with van der Waals surface area (Å²) < 4.78 is 43.8. The molecule has 0 atom stereocenters. The highest BCUT2D eigenvalue weighted by molar-refractivity contribution is 6.11. The number of pyridine rings is 1. The number of anilines is 2. The second-order valence-electron chi connectivity index (χ2n) is 5.24. The molecule has 2 aromatic carbocycles. The van der Waals surface area contributed by atoms with E-state index in [0.717, 1.165) is 6.20 Å². The number of methoxy groups -OCH3 is 1. The average molecular weight is 346 g/mol. The first-order valence-electron chi connectivity index (χ1n) is 7.30. The molecule has 1 N–H and O–H groups in total. The number of hydrogen-bond acceptors (Lipinski definition) is 4. The van der Waals surface area contributed by atoms with E-state index in [-0.39, 0.29) is 5.69 Å². The second kappa shape index (κ2) is 6.43. The molecule has 0 radical (unpaired) electrons. The molecule has 4 nitrogen and oxygen atoms in total. The number of ketones is 1. The Hall–Kier alpha value is -3.09. The van der Waals surface area contributed by atoms with Crippen molar-refractivity contribution in [1.82, 2.24) is 4.98 Å². The van der Waals surface area contributed by atoms with Crippen LogP contribution in [0, 0.1) is 0 Å². The molecule has 128 valence electrons. The normalized spacial score (nSPS) is 11.4. The Morgan fingerprint density at radius 2 is 1.76 bits per heavy atom. The Kier molecular flexibility index (Phi) is 4.31. The highest BCUT2D eigenvalue weighted by Gasteiger charge is 2.41. The number of carbonyl (C=O) groups excluding carboxylic acids is 1. The number of nitrogens with one attached hydrogen (secondary N) is 1. The van der Waals surface area contributed by atoms with E-state index in [4.69, 9.17) is 4.74 Å². The molecule has 0 bridgehead atoms. The van der Waals surface area contributed by atoms with Crippen molar-refractivity contribution in [3.8, 4) is 5.75 Å². The number of ether oxygens (including phenoxy) is 1. The van der Waals surface area contributed by atoms with Crippen LogP contribution in [0.5, 0.6) is 5.75 Å². The quantitative estimate of drug-likeness (QED) is 0.694. The van der Waals surface area contributed by atoms with Crippen LogP contribution in [-0.4, -0.2) is 24.1 Å². The van der Waals surface area contributed by atoms with E-state index in [1.54, 1.807) is 48.5 Å². The number of para-hydroxylation sites is 1. The fourth-order valence-corrected chi connectivity index (χ4v) is 2.42. The topological polar surface area (TPSA) is 51.2 Å². The number of halogens is 3. The molecule has 0 aliphatic heterocycles. The van der Waals surface area contributed by atoms with Gasteiger partial charge in [-0.1, -0.05) is 18.2 Å². The number of hydrogen-bond donors (Lipinski definition) is 1. The number of benzene rings is 2. The molecule has 0 saturated carbocycles. The third-order valence-electron chi connectivity index (χ3n) is 3.64. The van der Waals surface area contributed by atoms with Crippen LogP contribution < -0.4 is 10.1 Å². The van der Waals surface area contributed by atoms with E-state index in [2.05, 4.69) is 10.3 Å². The summed E-state index contributed by atoms with van der Waals surface area (Å²) in [6, 6.07) is 13.3. The van der Waals surface area contributed by atoms with Gasteiger partial charge in [0, 0.05) is 17.3 Å². The minimum atomic E-state index is -4.99. The third-order valence-corrected chi connectivity index (χ3v) is 3.64. The lowest BCUT2D eigenvalue weighted by atomic mass is 10.1. The van der Waals surface area contributed by atoms with Gasteiger partial charge in [-0.05, 0) is 30.3 Å². The van der Waals surface area contributed by atoms with Crippen LogP contribution in [0.15, 0.2) is 54.7 Å². The molecule has 0 unspecified atom stereocenters. The molecular formula is C18H13F3N2O2. The van der Waals surface area contributed by atoms with Crippen LogP contribution in [0.25, 0.3) is 10.9 Å². The van der Waals surface area contributed by atoms with E-state index in [9.17, 15) is 18.0 Å². The zero-order chi connectivity index (χ0) is 18.0. The number of carbonyl (C=O) groups is 1. The van der Waals surface area contributed by atoms with Crippen molar-refractivity contribution >= 4 is 28.1 Å². The van der Waals surface area contributed by atoms with Crippen molar-refractivity contribution in [1.29, 1.82) is 0 Å². The molecule has 0 amide bonds. The molecule has 0 spiro atoms. The Bertz CT molecular complexity index is 922. The lowest BCUT2D eigenvalue weighted by molar-refractivity contribution is -0.0884. The van der Waals surface area contributed by atoms with Gasteiger partial charge in [0.1, 0.15) is 5.75 Å². The molecular weight excluding hydrogens is 333 g/mol. The van der Waals surface area contributed by atoms with Crippen LogP contribution >= 0.6 is 0 Å². The predicted molar refractivity (Wildman–Crippen MR) is 88.4 cm³/mol. The maximum Gasteiger partial charge on any atom is 0.455 e. The highest BCUT2D eigenvalue weighted by Crippen LogP contribution is 2.33. The zero-order valence-corrected chi connectivity index (χ0v) is 13.1. The standard InChI is InChI=1S/C18H13F3N2O2/c1-25-12-8-6-11(7-9-12)23-16-13-4-2-3-5-15(13)22-10-14(16)17(24)18(19,20)21/h2-10H,1H3,(H,22,23). The minimum absolute atomic E-state index is 0.0677. The summed E-state index contributed by atoms with van der Waals surface area (Å²) in [5.41, 5.74) is 0.547. The van der Waals surface area contributed by atoms with Gasteiger partial charge in [-0.2, -0.15) is 13.2 Å². The van der Waals surface area contributed by atoms with E-state index in [1.807, 2.05) is 0 Å². The molecule has 1 heterocycles. The molecule has 0 aliphatic carbocycles. The Morgan fingerprint density at radius 3 is 2.40 bits per heavy atom. The van der Waals surface area contributed by atoms with Crippen molar-refractivity contribution in [2.45, 2.75) is 6.18 Å². The SMILES string of the molecule is COc1ccc(Nc2c(C(=O)C(F)(F)F)cnc3ccccc23)cc1. The molecule has 0 saturated heterocycles. The summed E-state index contributed by atoms with van der Waals surface area (Å²) in [7, 11) is 1.51. The molecule has 3 rings (SSSR count). The summed E-state index contributed by atoms with van der Waals surface area (Å²) in [6.07, 6.45) is -4.04. The van der Waals surface area contributed by atoms with Crippen molar-refractivity contribution in [3.05, 3.63) is 60.3 Å². The summed E-state index contributed by atoms with van der Waals surface area (Å²) in [5, 5.41) is 3.33. The van der Waals surface area contributed by atoms with Crippen molar-refractivity contribution in [2.75, 3.05) is 12.4 Å². The van der Waals surface area contributed by atoms with Crippen LogP contribution in [0.1, 0.15) is 10.4 Å². The number of Topliss-reactive ketones (excluding diaryl/α,β-unsaturated/α-hetero) is 1. The van der Waals surface area contributed by atoms with Crippen LogP contribution in [0.2, 0.25) is 0 Å². The minimum Gasteiger partial charge on any atom is -0.497 e. The van der Waals surface area contributed by atoms with Crippen molar-refractivity contribution < 1.29 is 22.7 Å². The van der Waals surface area contributed by atoms with Gasteiger partial charge in [-0.15, -0.1) is 0 Å². The van der Waals surface area contributed by atoms with Gasteiger partial charge < -0.3 is 10.1 Å². The average Bonchev–Trinajstić information content (AvgIpc) is 2.61. The smallest absolute Gasteiger partial charge is 0.455 e. The summed E-state index contributed by atoms with van der Waals surface area (Å²) >= 11 is 0. The van der Waals surface area contributed by atoms with Crippen molar-refractivity contribution in [3.63, 3.8) is 0 Å². The van der Waals surface area contributed by atoms with Gasteiger partial charge in [0.15, 0.2) is 0 Å². The molecule has 0 fully saturated rings. The van der Waals surface area contributed by atoms with Gasteiger partial charge >= 0.3 is 6.18 Å². The highest BCUT2D eigenvalue weighted by atomic mass is 19.4. The van der Waals surface area contributed by atoms with E-state index in [0.29, 0.717) is 22.3 Å². The molecule has 25 heavy (non-hydrogen) atoms. The van der Waals surface area contributed by atoms with Crippen molar-refractivity contribution in [2.24, 2.45) is 0 Å². The Labute approximate surface area is 141 Å². The fraction of sp³-hybridized carbons (Fsp3) is 0.111. The predicted octanol–water partition coefficient (Wildman–Crippen LogP) is 4.73. The number of rotatable bonds is 4. The summed E-state index contributed by atoms with van der Waals surface area (Å²) in [4.78, 5) is 15.8. The van der Waals surface area contributed by atoms with Gasteiger partial charge in [0.25, 0.3) is 5.78 Å². The molecule has 0 aliphatic rings. The van der Waals surface area contributed by atoms with E-state index < -0.39 is 17.5 Å². The van der Waals surface area contributed by atoms with Gasteiger partial charge in [0.2, 0.25) is 0 Å². The summed E-state index contributed by atoms with van der Waals surface area (Å²) in [5.74, 6) is -1.33. The largest absolute Gasteiger partial charge is 0.497 e. The monoisotopic (exact) mass is 346 g/mol. The number of nitrogens with zero attached hydrogens (tertiary/aromatic N) is 1. The van der Waals surface area contributed by atoms with E-state index >= 15 is 0 Å². The van der Waals surface area contributed by atoms with Gasteiger partial charge in [-0.25, -0.2) is 0 Å². The maximum absolute atomic E-state index is 12.9. The Balaban J connectivity index is 2.13. The molecule has 7 heteroatoms. The lowest BCUT2D eigenvalue weighted by Gasteiger charge is -2.15. The fourth-order valence-electron chi connectivity index (χ4n) is 2.42. The van der Waals surface area contributed by atoms with Gasteiger partial charge in [0.05, 0.1) is 23.9 Å². The van der Waals surface area contributed by atoms with Gasteiger partial charge in [-0.3, -0.25) is 9.78 Å². The zero-order valence-electron chi connectivity index (χ0n) is 13.1. The van der Waals surface area contributed by atoms with E-state index in [1.165, 1.54) is 7.11 Å². The van der Waals surface area contributed by atoms with Crippen LogP contribution in [-0.2, 0) is 0 Å². The van der Waals surface area contributed by atoms with Crippen LogP contribution in [0.4, 0.5) is 24.5 Å². The molecule has 3 aromatic rings. The first-order valence-corrected chi connectivity index (χ1v) is 7.30. The number of fused-ring (bicyclic) bond motifs is 1. The third kappa shape index (κ3) is 3.40. The maximum atomic E-state index is 12.9. The number of aromatic nitrogens is 1. The van der Waals surface area contributed by atoms with Crippen LogP contribution in [0.3, 0.4) is 0 Å². The second-order valence-corrected chi connectivity index (χ2v) is 5.24. The summed E-state index contributed by atoms with van der Waals surface area (Å²) in [6.45, 7) is 0. The lowest BCUT2D eigenvalue weighted by Crippen LogP contribution is -2.24. The first-order chi connectivity index (χ1) is 11.9. The Morgan fingerprint density at radius 1 is 1.08 bits per heavy atom. The first kappa shape index (κ1) is 16.8. The molecule has 1 aromatic heterocycles. The number of alkyl halides is 3.